The summed E-state index contributed by atoms with van der Waals surface area (Å²) < 4.78 is 5.00. The standard InChI is InChI=1S/C11H13ClO2/c1-14-7-8-2-3-9(6-10(8)12)11(13)4-5-11/h2-3,6,13H,4-5,7H2,1H3. The molecule has 0 unspecified atom stereocenters. The van der Waals surface area contributed by atoms with Gasteiger partial charge in [-0.2, -0.15) is 0 Å². The molecule has 0 amide bonds. The van der Waals surface area contributed by atoms with Crippen molar-refractivity contribution in [2.75, 3.05) is 7.11 Å². The molecule has 0 aromatic heterocycles. The molecule has 0 radical (unpaired) electrons. The second-order valence-electron chi connectivity index (χ2n) is 3.77. The number of hydrogen-bond donors (Lipinski definition) is 1. The van der Waals surface area contributed by atoms with Crippen molar-refractivity contribution in [1.29, 1.82) is 0 Å². The zero-order valence-electron chi connectivity index (χ0n) is 8.09. The Labute approximate surface area is 88.5 Å². The molecule has 0 aliphatic heterocycles. The van der Waals surface area contributed by atoms with Crippen molar-refractivity contribution in [1.82, 2.24) is 0 Å². The average Bonchev–Trinajstić information content (AvgIpc) is 2.89. The lowest BCUT2D eigenvalue weighted by molar-refractivity contribution is 0.151. The van der Waals surface area contributed by atoms with E-state index in [0.29, 0.717) is 11.6 Å². The van der Waals surface area contributed by atoms with E-state index >= 15 is 0 Å². The lowest BCUT2D eigenvalue weighted by Gasteiger charge is -2.10. The molecule has 1 aromatic rings. The van der Waals surface area contributed by atoms with Gasteiger partial charge >= 0.3 is 0 Å². The van der Waals surface area contributed by atoms with Gasteiger partial charge in [0.1, 0.15) is 0 Å². The Hall–Kier alpha value is -0.570. The van der Waals surface area contributed by atoms with E-state index < -0.39 is 5.60 Å². The summed E-state index contributed by atoms with van der Waals surface area (Å²) in [4.78, 5) is 0. The van der Waals surface area contributed by atoms with E-state index in [2.05, 4.69) is 0 Å². The van der Waals surface area contributed by atoms with Crippen molar-refractivity contribution in [2.45, 2.75) is 25.0 Å². The lowest BCUT2D eigenvalue weighted by atomic mass is 10.1. The highest BCUT2D eigenvalue weighted by molar-refractivity contribution is 6.31. The monoisotopic (exact) mass is 212 g/mol. The molecule has 1 aliphatic rings. The van der Waals surface area contributed by atoms with Gasteiger partial charge in [-0.05, 0) is 30.0 Å². The first kappa shape index (κ1) is 9.97. The summed E-state index contributed by atoms with van der Waals surface area (Å²) in [6.45, 7) is 0.511. The summed E-state index contributed by atoms with van der Waals surface area (Å²) in [5.74, 6) is 0. The predicted octanol–water partition coefficient (Wildman–Crippen LogP) is 2.47. The normalized spacial score (nSPS) is 18.2. The number of methoxy groups -OCH3 is 1. The van der Waals surface area contributed by atoms with Crippen LogP contribution in [0.25, 0.3) is 0 Å². The second-order valence-corrected chi connectivity index (χ2v) is 4.18. The van der Waals surface area contributed by atoms with Gasteiger partial charge in [0.2, 0.25) is 0 Å². The molecule has 1 aromatic carbocycles. The maximum Gasteiger partial charge on any atom is 0.0899 e. The molecule has 1 fully saturated rings. The average molecular weight is 213 g/mol. The minimum atomic E-state index is -0.602. The van der Waals surface area contributed by atoms with E-state index in [-0.39, 0.29) is 0 Å². The highest BCUT2D eigenvalue weighted by Crippen LogP contribution is 2.45. The molecule has 1 aliphatic carbocycles. The summed E-state index contributed by atoms with van der Waals surface area (Å²) in [7, 11) is 1.64. The first-order chi connectivity index (χ1) is 6.65. The smallest absolute Gasteiger partial charge is 0.0899 e. The van der Waals surface area contributed by atoms with Gasteiger partial charge in [-0.15, -0.1) is 0 Å². The molecule has 2 nitrogen and oxygen atoms in total. The predicted molar refractivity (Wildman–Crippen MR) is 55.3 cm³/mol. The largest absolute Gasteiger partial charge is 0.385 e. The van der Waals surface area contributed by atoms with Crippen LogP contribution in [0.5, 0.6) is 0 Å². The molecule has 14 heavy (non-hydrogen) atoms. The first-order valence-electron chi connectivity index (χ1n) is 4.66. The first-order valence-corrected chi connectivity index (χ1v) is 5.04. The number of benzene rings is 1. The maximum atomic E-state index is 9.86. The van der Waals surface area contributed by atoms with Gasteiger partial charge in [-0.1, -0.05) is 23.7 Å². The third kappa shape index (κ3) is 1.78. The van der Waals surface area contributed by atoms with Crippen LogP contribution < -0.4 is 0 Å². The van der Waals surface area contributed by atoms with Crippen molar-refractivity contribution in [3.8, 4) is 0 Å². The molecule has 0 saturated heterocycles. The Kier molecular flexibility index (Phi) is 2.52. The van der Waals surface area contributed by atoms with Crippen LogP contribution in [0.2, 0.25) is 5.02 Å². The summed E-state index contributed by atoms with van der Waals surface area (Å²) in [5, 5.41) is 10.5. The molecular formula is C11H13ClO2. The molecule has 3 heteroatoms. The lowest BCUT2D eigenvalue weighted by Crippen LogP contribution is -2.04. The van der Waals surface area contributed by atoms with E-state index in [1.165, 1.54) is 0 Å². The van der Waals surface area contributed by atoms with Gasteiger partial charge in [0.15, 0.2) is 0 Å². The third-order valence-corrected chi connectivity index (χ3v) is 2.97. The number of aliphatic hydroxyl groups is 1. The molecule has 1 N–H and O–H groups in total. The van der Waals surface area contributed by atoms with Gasteiger partial charge in [0.25, 0.3) is 0 Å². The van der Waals surface area contributed by atoms with Crippen LogP contribution in [0, 0.1) is 0 Å². The van der Waals surface area contributed by atoms with Crippen LogP contribution in [0.1, 0.15) is 24.0 Å². The summed E-state index contributed by atoms with van der Waals surface area (Å²) >= 11 is 6.05. The van der Waals surface area contributed by atoms with E-state index in [4.69, 9.17) is 16.3 Å². The Morgan fingerprint density at radius 1 is 1.50 bits per heavy atom. The van der Waals surface area contributed by atoms with E-state index in [9.17, 15) is 5.11 Å². The fraction of sp³-hybridized carbons (Fsp3) is 0.455. The second kappa shape index (κ2) is 3.54. The summed E-state index contributed by atoms with van der Waals surface area (Å²) in [6.07, 6.45) is 1.68. The van der Waals surface area contributed by atoms with Gasteiger partial charge < -0.3 is 9.84 Å². The Morgan fingerprint density at radius 2 is 2.21 bits per heavy atom. The van der Waals surface area contributed by atoms with E-state index in [1.807, 2.05) is 18.2 Å². The van der Waals surface area contributed by atoms with Crippen LogP contribution in [0.3, 0.4) is 0 Å². The molecule has 0 bridgehead atoms. The van der Waals surface area contributed by atoms with Crippen LogP contribution in [-0.4, -0.2) is 12.2 Å². The molecule has 0 spiro atoms. The number of hydrogen-bond acceptors (Lipinski definition) is 2. The summed E-state index contributed by atoms with van der Waals surface area (Å²) in [6, 6.07) is 5.67. The topological polar surface area (TPSA) is 29.5 Å². The molecule has 0 heterocycles. The van der Waals surface area contributed by atoms with E-state index in [1.54, 1.807) is 7.11 Å². The van der Waals surface area contributed by atoms with Gasteiger partial charge in [0, 0.05) is 12.1 Å². The van der Waals surface area contributed by atoms with Crippen LogP contribution >= 0.6 is 11.6 Å². The van der Waals surface area contributed by atoms with Gasteiger partial charge in [-0.25, -0.2) is 0 Å². The van der Waals surface area contributed by atoms with Crippen LogP contribution in [-0.2, 0) is 16.9 Å². The highest BCUT2D eigenvalue weighted by Gasteiger charge is 2.42. The van der Waals surface area contributed by atoms with Crippen molar-refractivity contribution in [3.05, 3.63) is 34.3 Å². The number of rotatable bonds is 3. The van der Waals surface area contributed by atoms with Gasteiger partial charge in [0.05, 0.1) is 12.2 Å². The fourth-order valence-electron chi connectivity index (χ4n) is 1.52. The van der Waals surface area contributed by atoms with Crippen molar-refractivity contribution >= 4 is 11.6 Å². The minimum Gasteiger partial charge on any atom is -0.385 e. The molecule has 1 saturated carbocycles. The van der Waals surface area contributed by atoms with Crippen LogP contribution in [0.15, 0.2) is 18.2 Å². The number of ether oxygens (including phenoxy) is 1. The molecule has 2 rings (SSSR count). The summed E-state index contributed by atoms with van der Waals surface area (Å²) in [5.41, 5.74) is 1.28. The zero-order valence-corrected chi connectivity index (χ0v) is 8.84. The Bertz CT molecular complexity index is 345. The fourth-order valence-corrected chi connectivity index (χ4v) is 1.75. The zero-order chi connectivity index (χ0) is 10.2. The highest BCUT2D eigenvalue weighted by atomic mass is 35.5. The van der Waals surface area contributed by atoms with Crippen molar-refractivity contribution in [2.24, 2.45) is 0 Å². The minimum absolute atomic E-state index is 0.511. The third-order valence-electron chi connectivity index (χ3n) is 2.61. The Balaban J connectivity index is 2.26. The number of halogens is 1. The SMILES string of the molecule is COCc1ccc(C2(O)CC2)cc1Cl. The van der Waals surface area contributed by atoms with Crippen molar-refractivity contribution in [3.63, 3.8) is 0 Å². The van der Waals surface area contributed by atoms with Crippen molar-refractivity contribution < 1.29 is 9.84 Å². The molecule has 76 valence electrons. The Morgan fingerprint density at radius 3 is 2.71 bits per heavy atom. The molecule has 0 atom stereocenters. The molecular weight excluding hydrogens is 200 g/mol. The van der Waals surface area contributed by atoms with E-state index in [0.717, 1.165) is 24.0 Å². The maximum absolute atomic E-state index is 9.86. The van der Waals surface area contributed by atoms with Crippen LogP contribution in [0.4, 0.5) is 0 Å². The quantitative estimate of drug-likeness (QED) is 0.834. The van der Waals surface area contributed by atoms with Gasteiger partial charge in [-0.3, -0.25) is 0 Å².